The highest BCUT2D eigenvalue weighted by Gasteiger charge is 2.21. The van der Waals surface area contributed by atoms with E-state index >= 15 is 0 Å². The number of para-hydroxylation sites is 2. The van der Waals surface area contributed by atoms with Crippen molar-refractivity contribution in [2.75, 3.05) is 13.1 Å². The Balaban J connectivity index is 2.01. The Hall–Kier alpha value is -2.17. The van der Waals surface area contributed by atoms with E-state index in [-0.39, 0.29) is 18.0 Å². The van der Waals surface area contributed by atoms with Gasteiger partial charge < -0.3 is 4.90 Å². The lowest BCUT2D eigenvalue weighted by molar-refractivity contribution is -0.135. The molecule has 0 unspecified atom stereocenters. The number of hydrogen-bond donors (Lipinski definition) is 0. The number of amides is 1. The quantitative estimate of drug-likeness (QED) is 0.777. The van der Waals surface area contributed by atoms with Gasteiger partial charge >= 0.3 is 0 Å². The van der Waals surface area contributed by atoms with Gasteiger partial charge in [-0.15, -0.1) is 0 Å². The van der Waals surface area contributed by atoms with E-state index in [4.69, 9.17) is 0 Å². The van der Waals surface area contributed by atoms with Crippen molar-refractivity contribution in [3.05, 3.63) is 40.8 Å². The summed E-state index contributed by atoms with van der Waals surface area (Å²) < 4.78 is 1.49. The van der Waals surface area contributed by atoms with E-state index in [1.807, 2.05) is 24.3 Å². The summed E-state index contributed by atoms with van der Waals surface area (Å²) in [7, 11) is 0. The maximum absolute atomic E-state index is 11.9. The molecule has 5 nitrogen and oxygen atoms in total. The first kappa shape index (κ1) is 11.0. The van der Waals surface area contributed by atoms with Crippen LogP contribution in [0.1, 0.15) is 6.42 Å². The largest absolute Gasteiger partial charge is 0.341 e. The predicted molar refractivity (Wildman–Crippen MR) is 67.2 cm³/mol. The molecule has 0 spiro atoms. The fourth-order valence-electron chi connectivity index (χ4n) is 2.08. The molecule has 18 heavy (non-hydrogen) atoms. The lowest BCUT2D eigenvalue weighted by atomic mass is 10.2. The van der Waals surface area contributed by atoms with Gasteiger partial charge in [0.05, 0.1) is 17.2 Å². The number of benzene rings is 1. The predicted octanol–water partition coefficient (Wildman–Crippen LogP) is 0.629. The third-order valence-corrected chi connectivity index (χ3v) is 3.25. The molecule has 1 saturated heterocycles. The molecule has 92 valence electrons. The second kappa shape index (κ2) is 4.25. The van der Waals surface area contributed by atoms with Gasteiger partial charge in [-0.25, -0.2) is 4.98 Å². The molecule has 2 heterocycles. The topological polar surface area (TPSA) is 55.2 Å². The fraction of sp³-hybridized carbons (Fsp3) is 0.308. The molecule has 1 fully saturated rings. The third-order valence-electron chi connectivity index (χ3n) is 3.25. The van der Waals surface area contributed by atoms with Crippen LogP contribution in [0.4, 0.5) is 0 Å². The van der Waals surface area contributed by atoms with Crippen molar-refractivity contribution in [1.82, 2.24) is 14.5 Å². The van der Waals surface area contributed by atoms with Crippen molar-refractivity contribution >= 4 is 16.9 Å². The molecule has 0 saturated carbocycles. The minimum Gasteiger partial charge on any atom is -0.341 e. The third kappa shape index (κ3) is 1.77. The van der Waals surface area contributed by atoms with Crippen LogP contribution in [0.2, 0.25) is 0 Å². The van der Waals surface area contributed by atoms with Crippen molar-refractivity contribution in [3.63, 3.8) is 0 Å². The van der Waals surface area contributed by atoms with Gasteiger partial charge in [0.1, 0.15) is 6.54 Å². The number of hydrogen-bond acceptors (Lipinski definition) is 3. The zero-order chi connectivity index (χ0) is 12.5. The van der Waals surface area contributed by atoms with Gasteiger partial charge in [0.25, 0.3) is 5.56 Å². The number of rotatable bonds is 2. The van der Waals surface area contributed by atoms with Crippen molar-refractivity contribution in [2.45, 2.75) is 13.0 Å². The lowest BCUT2D eigenvalue weighted by Gasteiger charge is -2.31. The highest BCUT2D eigenvalue weighted by atomic mass is 16.2. The Morgan fingerprint density at radius 3 is 2.78 bits per heavy atom. The summed E-state index contributed by atoms with van der Waals surface area (Å²) in [4.78, 5) is 29.6. The first-order valence-electron chi connectivity index (χ1n) is 5.98. The molecule has 1 aliphatic heterocycles. The minimum atomic E-state index is -0.234. The van der Waals surface area contributed by atoms with Crippen molar-refractivity contribution in [1.29, 1.82) is 0 Å². The van der Waals surface area contributed by atoms with Crippen molar-refractivity contribution in [3.8, 4) is 0 Å². The summed E-state index contributed by atoms with van der Waals surface area (Å²) >= 11 is 0. The Bertz CT molecular complexity index is 659. The Kier molecular flexibility index (Phi) is 2.59. The van der Waals surface area contributed by atoms with Crippen LogP contribution in [-0.2, 0) is 11.3 Å². The molecule has 0 atom stereocenters. The molecule has 1 amide bonds. The zero-order valence-electron chi connectivity index (χ0n) is 9.87. The summed E-state index contributed by atoms with van der Waals surface area (Å²) in [5.41, 5.74) is 1.20. The van der Waals surface area contributed by atoms with Gasteiger partial charge in [0.2, 0.25) is 5.91 Å². The smallest absolute Gasteiger partial charge is 0.269 e. The molecule has 5 heteroatoms. The molecule has 0 bridgehead atoms. The van der Waals surface area contributed by atoms with Crippen LogP contribution < -0.4 is 5.56 Å². The van der Waals surface area contributed by atoms with E-state index in [9.17, 15) is 9.59 Å². The summed E-state index contributed by atoms with van der Waals surface area (Å²) in [6.07, 6.45) is 2.32. The average molecular weight is 243 g/mol. The van der Waals surface area contributed by atoms with E-state index in [0.717, 1.165) is 25.0 Å². The van der Waals surface area contributed by atoms with Crippen LogP contribution in [0.5, 0.6) is 0 Å². The monoisotopic (exact) mass is 243 g/mol. The van der Waals surface area contributed by atoms with Gasteiger partial charge in [-0.2, -0.15) is 0 Å². The molecule has 0 aliphatic carbocycles. The first-order valence-corrected chi connectivity index (χ1v) is 5.98. The summed E-state index contributed by atoms with van der Waals surface area (Å²) in [6, 6.07) is 7.35. The normalized spacial score (nSPS) is 14.6. The van der Waals surface area contributed by atoms with Gasteiger partial charge in [0, 0.05) is 13.1 Å². The number of carbonyl (C=O) groups is 1. The Labute approximate surface area is 104 Å². The molecule has 2 aromatic rings. The summed E-state index contributed by atoms with van der Waals surface area (Å²) in [5, 5.41) is 0. The number of likely N-dealkylation sites (tertiary alicyclic amines) is 1. The molecule has 3 rings (SSSR count). The molecule has 1 aromatic carbocycles. The molecular formula is C13H13N3O2. The maximum atomic E-state index is 11.9. The van der Waals surface area contributed by atoms with Crippen LogP contribution in [0.15, 0.2) is 35.3 Å². The van der Waals surface area contributed by atoms with E-state index in [0.29, 0.717) is 5.52 Å². The van der Waals surface area contributed by atoms with E-state index in [1.54, 1.807) is 4.90 Å². The first-order chi connectivity index (χ1) is 8.75. The van der Waals surface area contributed by atoms with Crippen molar-refractivity contribution < 1.29 is 4.79 Å². The molecular weight excluding hydrogens is 230 g/mol. The van der Waals surface area contributed by atoms with Crippen molar-refractivity contribution in [2.24, 2.45) is 0 Å². The number of fused-ring (bicyclic) bond motifs is 1. The van der Waals surface area contributed by atoms with Crippen LogP contribution in [-0.4, -0.2) is 33.4 Å². The second-order valence-corrected chi connectivity index (χ2v) is 4.41. The van der Waals surface area contributed by atoms with Crippen LogP contribution in [0.3, 0.4) is 0 Å². The lowest BCUT2D eigenvalue weighted by Crippen LogP contribution is -2.44. The standard InChI is InChI=1S/C13H13N3O2/c17-12-8-14-10-4-1-2-5-11(10)16(12)9-13(18)15-6-3-7-15/h1-2,4-5,8H,3,6-7,9H2. The highest BCUT2D eigenvalue weighted by molar-refractivity contribution is 5.80. The van der Waals surface area contributed by atoms with E-state index in [2.05, 4.69) is 4.98 Å². The van der Waals surface area contributed by atoms with Gasteiger partial charge in [-0.3, -0.25) is 14.2 Å². The van der Waals surface area contributed by atoms with Crippen LogP contribution in [0.25, 0.3) is 11.0 Å². The van der Waals surface area contributed by atoms with Gasteiger partial charge in [-0.1, -0.05) is 12.1 Å². The molecule has 0 N–H and O–H groups in total. The number of nitrogens with zero attached hydrogens (tertiary/aromatic N) is 3. The van der Waals surface area contributed by atoms with Crippen LogP contribution >= 0.6 is 0 Å². The van der Waals surface area contributed by atoms with E-state index < -0.39 is 0 Å². The van der Waals surface area contributed by atoms with Gasteiger partial charge in [-0.05, 0) is 18.6 Å². The van der Waals surface area contributed by atoms with E-state index in [1.165, 1.54) is 10.8 Å². The SMILES string of the molecule is O=C(Cn1c(=O)cnc2ccccc21)N1CCC1. The maximum Gasteiger partial charge on any atom is 0.269 e. The highest BCUT2D eigenvalue weighted by Crippen LogP contribution is 2.10. The Morgan fingerprint density at radius 2 is 2.06 bits per heavy atom. The average Bonchev–Trinajstić information content (AvgIpc) is 2.31. The molecule has 1 aromatic heterocycles. The van der Waals surface area contributed by atoms with Gasteiger partial charge in [0.15, 0.2) is 0 Å². The Morgan fingerprint density at radius 1 is 1.28 bits per heavy atom. The zero-order valence-corrected chi connectivity index (χ0v) is 9.87. The molecule has 1 aliphatic rings. The fourth-order valence-corrected chi connectivity index (χ4v) is 2.08. The molecule has 0 radical (unpaired) electrons. The minimum absolute atomic E-state index is 0.000275. The van der Waals surface area contributed by atoms with Crippen LogP contribution in [0, 0.1) is 0 Å². The second-order valence-electron chi connectivity index (χ2n) is 4.41. The summed E-state index contributed by atoms with van der Waals surface area (Å²) in [5.74, 6) is -0.000275. The number of aromatic nitrogens is 2. The summed E-state index contributed by atoms with van der Waals surface area (Å²) in [6.45, 7) is 1.70. The number of carbonyl (C=O) groups excluding carboxylic acids is 1.